The van der Waals surface area contributed by atoms with Crippen LogP contribution in [-0.4, -0.2) is 42.6 Å². The summed E-state index contributed by atoms with van der Waals surface area (Å²) in [6.07, 6.45) is 0.878. The number of benzene rings is 1. The average molecular weight is 279 g/mol. The van der Waals surface area contributed by atoms with Crippen molar-refractivity contribution in [2.24, 2.45) is 0 Å². The summed E-state index contributed by atoms with van der Waals surface area (Å²) in [6.45, 7) is 0.985. The van der Waals surface area contributed by atoms with Crippen LogP contribution in [0.1, 0.15) is 24.0 Å². The van der Waals surface area contributed by atoms with Crippen molar-refractivity contribution in [3.05, 3.63) is 35.4 Å². The van der Waals surface area contributed by atoms with Crippen LogP contribution in [0.4, 0.5) is 0 Å². The minimum absolute atomic E-state index is 0.00930. The lowest BCUT2D eigenvalue weighted by atomic mass is 10.1. The molecule has 0 fully saturated rings. The van der Waals surface area contributed by atoms with Gasteiger partial charge in [-0.2, -0.15) is 0 Å². The third-order valence-electron chi connectivity index (χ3n) is 2.97. The van der Waals surface area contributed by atoms with E-state index < -0.39 is 5.97 Å². The lowest BCUT2D eigenvalue weighted by Crippen LogP contribution is -2.29. The van der Waals surface area contributed by atoms with Gasteiger partial charge >= 0.3 is 5.97 Å². The number of nitrogens with zero attached hydrogens (tertiary/aromatic N) is 1. The van der Waals surface area contributed by atoms with E-state index in [-0.39, 0.29) is 12.3 Å². The molecule has 0 saturated heterocycles. The van der Waals surface area contributed by atoms with Crippen molar-refractivity contribution >= 4 is 11.9 Å². The van der Waals surface area contributed by atoms with Crippen molar-refractivity contribution in [1.82, 2.24) is 4.90 Å². The summed E-state index contributed by atoms with van der Waals surface area (Å²) in [7, 11) is 3.33. The van der Waals surface area contributed by atoms with E-state index in [9.17, 15) is 9.59 Å². The summed E-state index contributed by atoms with van der Waals surface area (Å²) < 4.78 is 5.06. The number of carboxylic acid groups (broad SMARTS) is 1. The van der Waals surface area contributed by atoms with Crippen LogP contribution in [0.25, 0.3) is 0 Å². The molecule has 1 aromatic rings. The van der Waals surface area contributed by atoms with Gasteiger partial charge in [0.25, 0.3) is 0 Å². The lowest BCUT2D eigenvalue weighted by molar-refractivity contribution is -0.138. The van der Waals surface area contributed by atoms with E-state index in [1.807, 2.05) is 24.3 Å². The first kappa shape index (κ1) is 16.2. The molecule has 1 rings (SSSR count). The number of carboxylic acids is 1. The summed E-state index contributed by atoms with van der Waals surface area (Å²) in [5.74, 6) is -0.844. The van der Waals surface area contributed by atoms with Crippen LogP contribution in [-0.2, 0) is 27.4 Å². The summed E-state index contributed by atoms with van der Waals surface area (Å²) in [4.78, 5) is 24.0. The Morgan fingerprint density at radius 2 is 2.00 bits per heavy atom. The number of amides is 1. The fourth-order valence-electron chi connectivity index (χ4n) is 1.90. The summed E-state index contributed by atoms with van der Waals surface area (Å²) in [5.41, 5.74) is 1.97. The second-order valence-corrected chi connectivity index (χ2v) is 4.74. The van der Waals surface area contributed by atoms with Gasteiger partial charge in [0.2, 0.25) is 5.91 Å². The Hall–Kier alpha value is -1.88. The first-order valence-corrected chi connectivity index (χ1v) is 6.55. The number of hydrogen-bond donors (Lipinski definition) is 1. The smallest absolute Gasteiger partial charge is 0.303 e. The van der Waals surface area contributed by atoms with E-state index in [0.29, 0.717) is 26.0 Å². The van der Waals surface area contributed by atoms with Gasteiger partial charge < -0.3 is 14.7 Å². The minimum atomic E-state index is -0.835. The zero-order valence-electron chi connectivity index (χ0n) is 12.0. The predicted octanol–water partition coefficient (Wildman–Crippen LogP) is 1.70. The molecule has 20 heavy (non-hydrogen) atoms. The second-order valence-electron chi connectivity index (χ2n) is 4.74. The third-order valence-corrected chi connectivity index (χ3v) is 2.97. The molecule has 0 unspecified atom stereocenters. The number of ether oxygens (including phenoxy) is 1. The van der Waals surface area contributed by atoms with Crippen LogP contribution in [0.15, 0.2) is 24.3 Å². The Morgan fingerprint density at radius 1 is 1.30 bits per heavy atom. The molecule has 0 aliphatic heterocycles. The zero-order valence-corrected chi connectivity index (χ0v) is 12.0. The molecule has 0 aliphatic rings. The topological polar surface area (TPSA) is 66.8 Å². The summed E-state index contributed by atoms with van der Waals surface area (Å²) in [5, 5.41) is 8.57. The van der Waals surface area contributed by atoms with E-state index in [1.54, 1.807) is 19.1 Å². The molecule has 0 bridgehead atoms. The van der Waals surface area contributed by atoms with Crippen LogP contribution in [0.3, 0.4) is 0 Å². The monoisotopic (exact) mass is 279 g/mol. The van der Waals surface area contributed by atoms with Gasteiger partial charge in [0.1, 0.15) is 0 Å². The van der Waals surface area contributed by atoms with Crippen LogP contribution in [0.2, 0.25) is 0 Å². The molecule has 110 valence electrons. The number of carbonyl (C=O) groups is 2. The molecule has 1 aromatic carbocycles. The van der Waals surface area contributed by atoms with E-state index in [2.05, 4.69) is 0 Å². The van der Waals surface area contributed by atoms with Crippen molar-refractivity contribution in [2.75, 3.05) is 20.7 Å². The molecule has 0 atom stereocenters. The Morgan fingerprint density at radius 3 is 2.65 bits per heavy atom. The SMILES string of the molecule is COCc1cccc(CC(=O)N(C)CCCC(=O)O)c1. The quantitative estimate of drug-likeness (QED) is 0.786. The Kier molecular flexibility index (Phi) is 6.73. The number of hydrogen-bond acceptors (Lipinski definition) is 3. The van der Waals surface area contributed by atoms with Gasteiger partial charge in [-0.05, 0) is 17.5 Å². The maximum Gasteiger partial charge on any atom is 0.303 e. The minimum Gasteiger partial charge on any atom is -0.481 e. The molecule has 1 N–H and O–H groups in total. The third kappa shape index (κ3) is 5.84. The zero-order chi connectivity index (χ0) is 15.0. The first-order chi connectivity index (χ1) is 9.52. The molecular formula is C15H21NO4. The van der Waals surface area contributed by atoms with Crippen molar-refractivity contribution in [3.63, 3.8) is 0 Å². The average Bonchev–Trinajstić information content (AvgIpc) is 2.39. The molecular weight excluding hydrogens is 258 g/mol. The molecule has 0 saturated carbocycles. The van der Waals surface area contributed by atoms with Gasteiger partial charge in [-0.1, -0.05) is 24.3 Å². The molecule has 0 spiro atoms. The van der Waals surface area contributed by atoms with Crippen LogP contribution in [0, 0.1) is 0 Å². The number of likely N-dealkylation sites (N-methyl/N-ethyl adjacent to an activating group) is 1. The normalized spacial score (nSPS) is 10.3. The Labute approximate surface area is 119 Å². The highest BCUT2D eigenvalue weighted by Gasteiger charge is 2.10. The van der Waals surface area contributed by atoms with E-state index >= 15 is 0 Å². The molecule has 0 heterocycles. The highest BCUT2D eigenvalue weighted by Crippen LogP contribution is 2.08. The fourth-order valence-corrected chi connectivity index (χ4v) is 1.90. The number of methoxy groups -OCH3 is 1. The molecule has 0 aliphatic carbocycles. The number of rotatable bonds is 8. The van der Waals surface area contributed by atoms with E-state index in [0.717, 1.165) is 11.1 Å². The van der Waals surface area contributed by atoms with Gasteiger partial charge in [0.05, 0.1) is 13.0 Å². The molecule has 1 amide bonds. The van der Waals surface area contributed by atoms with Crippen LogP contribution < -0.4 is 0 Å². The second kappa shape index (κ2) is 8.32. The van der Waals surface area contributed by atoms with Gasteiger partial charge in [-0.15, -0.1) is 0 Å². The van der Waals surface area contributed by atoms with Crippen molar-refractivity contribution in [1.29, 1.82) is 0 Å². The summed E-state index contributed by atoms with van der Waals surface area (Å²) in [6, 6.07) is 7.71. The van der Waals surface area contributed by atoms with Crippen molar-refractivity contribution in [3.8, 4) is 0 Å². The van der Waals surface area contributed by atoms with E-state index in [1.165, 1.54) is 0 Å². The van der Waals surface area contributed by atoms with Crippen molar-refractivity contribution in [2.45, 2.75) is 25.9 Å². The van der Waals surface area contributed by atoms with E-state index in [4.69, 9.17) is 9.84 Å². The Bertz CT molecular complexity index is 459. The molecule has 5 heteroatoms. The number of carbonyl (C=O) groups excluding carboxylic acids is 1. The van der Waals surface area contributed by atoms with Crippen molar-refractivity contribution < 1.29 is 19.4 Å². The standard InChI is InChI=1S/C15H21NO4/c1-16(8-4-7-15(18)19)14(17)10-12-5-3-6-13(9-12)11-20-2/h3,5-6,9H,4,7-8,10-11H2,1-2H3,(H,18,19). The largest absolute Gasteiger partial charge is 0.481 e. The maximum atomic E-state index is 12.0. The molecule has 0 aromatic heterocycles. The summed E-state index contributed by atoms with van der Waals surface area (Å²) >= 11 is 0. The van der Waals surface area contributed by atoms with Gasteiger partial charge in [-0.3, -0.25) is 9.59 Å². The molecule has 0 radical (unpaired) electrons. The van der Waals surface area contributed by atoms with Gasteiger partial charge in [0.15, 0.2) is 0 Å². The Balaban J connectivity index is 2.48. The van der Waals surface area contributed by atoms with Crippen LogP contribution in [0.5, 0.6) is 0 Å². The molecule has 5 nitrogen and oxygen atoms in total. The maximum absolute atomic E-state index is 12.0. The fraction of sp³-hybridized carbons (Fsp3) is 0.467. The highest BCUT2D eigenvalue weighted by molar-refractivity contribution is 5.78. The first-order valence-electron chi connectivity index (χ1n) is 6.55. The highest BCUT2D eigenvalue weighted by atomic mass is 16.5. The predicted molar refractivity (Wildman–Crippen MR) is 75.4 cm³/mol. The van der Waals surface area contributed by atoms with Crippen LogP contribution >= 0.6 is 0 Å². The van der Waals surface area contributed by atoms with Gasteiger partial charge in [-0.25, -0.2) is 0 Å². The lowest BCUT2D eigenvalue weighted by Gasteiger charge is -2.16. The van der Waals surface area contributed by atoms with Gasteiger partial charge in [0, 0.05) is 27.1 Å². The number of aliphatic carboxylic acids is 1.